The Bertz CT molecular complexity index is 222. The van der Waals surface area contributed by atoms with Gasteiger partial charge >= 0.3 is 6.09 Å². The molecule has 0 aromatic heterocycles. The van der Waals surface area contributed by atoms with Crippen LogP contribution in [0.4, 0.5) is 4.79 Å². The fraction of sp³-hybridized carbons (Fsp3) is 0.778. The Morgan fingerprint density at radius 1 is 1.57 bits per heavy atom. The first-order chi connectivity index (χ1) is 6.60. The van der Waals surface area contributed by atoms with Gasteiger partial charge < -0.3 is 4.74 Å². The average Bonchev–Trinajstić information content (AvgIpc) is 2.03. The van der Waals surface area contributed by atoms with Crippen molar-refractivity contribution in [2.75, 3.05) is 6.61 Å². The van der Waals surface area contributed by atoms with Crippen molar-refractivity contribution in [1.29, 1.82) is 0 Å². The lowest BCUT2D eigenvalue weighted by atomic mass is 10.1. The highest BCUT2D eigenvalue weighted by Crippen LogP contribution is 2.05. The first kappa shape index (κ1) is 12.7. The number of nitrogens with one attached hydrogen (secondary N) is 1. The summed E-state index contributed by atoms with van der Waals surface area (Å²) in [5.41, 5.74) is 0. The Kier molecular flexibility index (Phi) is 6.41. The van der Waals surface area contributed by atoms with Gasteiger partial charge in [-0.2, -0.15) is 4.99 Å². The van der Waals surface area contributed by atoms with Gasteiger partial charge in [-0.15, -0.1) is 0 Å². The van der Waals surface area contributed by atoms with E-state index in [2.05, 4.69) is 15.0 Å². The van der Waals surface area contributed by atoms with E-state index in [1.807, 2.05) is 13.8 Å². The van der Waals surface area contributed by atoms with Crippen molar-refractivity contribution < 1.29 is 14.3 Å². The van der Waals surface area contributed by atoms with Gasteiger partial charge in [0.05, 0.1) is 6.61 Å². The van der Waals surface area contributed by atoms with Crippen molar-refractivity contribution in [2.24, 2.45) is 10.9 Å². The molecule has 5 nitrogen and oxygen atoms in total. The van der Waals surface area contributed by atoms with E-state index in [4.69, 9.17) is 0 Å². The number of nitrogens with zero attached hydrogens (tertiary/aromatic N) is 1. The zero-order valence-corrected chi connectivity index (χ0v) is 8.74. The van der Waals surface area contributed by atoms with Crippen LogP contribution in [0, 0.1) is 5.92 Å². The van der Waals surface area contributed by atoms with E-state index in [1.54, 1.807) is 6.92 Å². The monoisotopic (exact) mass is 200 g/mol. The summed E-state index contributed by atoms with van der Waals surface area (Å²) in [6.07, 6.45) is 0.923. The summed E-state index contributed by atoms with van der Waals surface area (Å²) in [5.74, 6) is 0.332. The number of hydrogen-bond acceptors (Lipinski definition) is 4. The number of isocyanates is 1. The maximum Gasteiger partial charge on any atom is 0.408 e. The Morgan fingerprint density at radius 3 is 2.64 bits per heavy atom. The van der Waals surface area contributed by atoms with Crippen LogP contribution in [-0.2, 0) is 9.53 Å². The lowest BCUT2D eigenvalue weighted by molar-refractivity contribution is 0.147. The standard InChI is InChI=1S/C9H16N2O3/c1-4-14-9(13)11-8(10-6-12)5-7(2)3/h7-8H,4-5H2,1-3H3,(H,11,13). The highest BCUT2D eigenvalue weighted by atomic mass is 16.5. The van der Waals surface area contributed by atoms with Crippen LogP contribution in [0.2, 0.25) is 0 Å². The topological polar surface area (TPSA) is 67.8 Å². The molecule has 1 N–H and O–H groups in total. The maximum absolute atomic E-state index is 11.0. The molecule has 0 aliphatic heterocycles. The third-order valence-electron chi connectivity index (χ3n) is 1.46. The zero-order chi connectivity index (χ0) is 11.0. The molecule has 14 heavy (non-hydrogen) atoms. The van der Waals surface area contributed by atoms with Gasteiger partial charge in [0.1, 0.15) is 6.17 Å². The van der Waals surface area contributed by atoms with Crippen molar-refractivity contribution in [1.82, 2.24) is 5.32 Å². The van der Waals surface area contributed by atoms with E-state index in [-0.39, 0.29) is 0 Å². The van der Waals surface area contributed by atoms with Crippen LogP contribution < -0.4 is 5.32 Å². The Labute approximate surface area is 83.5 Å². The third kappa shape index (κ3) is 6.20. The van der Waals surface area contributed by atoms with Gasteiger partial charge in [0.15, 0.2) is 0 Å². The van der Waals surface area contributed by atoms with Crippen molar-refractivity contribution in [3.8, 4) is 0 Å². The van der Waals surface area contributed by atoms with Crippen LogP contribution in [0.1, 0.15) is 27.2 Å². The van der Waals surface area contributed by atoms with Gasteiger partial charge in [-0.25, -0.2) is 9.59 Å². The van der Waals surface area contributed by atoms with E-state index in [0.29, 0.717) is 18.9 Å². The summed E-state index contributed by atoms with van der Waals surface area (Å²) < 4.78 is 4.66. The first-order valence-corrected chi connectivity index (χ1v) is 4.60. The fourth-order valence-corrected chi connectivity index (χ4v) is 0.963. The van der Waals surface area contributed by atoms with Gasteiger partial charge in [-0.1, -0.05) is 13.8 Å². The molecule has 1 atom stereocenters. The van der Waals surface area contributed by atoms with Gasteiger partial charge in [0.25, 0.3) is 0 Å². The second-order valence-electron chi connectivity index (χ2n) is 3.23. The van der Waals surface area contributed by atoms with E-state index in [1.165, 1.54) is 6.08 Å². The molecule has 0 rings (SSSR count). The molecule has 0 saturated heterocycles. The maximum atomic E-state index is 11.0. The normalized spacial score (nSPS) is 11.7. The molecule has 5 heteroatoms. The number of alkyl carbamates (subject to hydrolysis) is 1. The van der Waals surface area contributed by atoms with Crippen LogP contribution in [0.3, 0.4) is 0 Å². The van der Waals surface area contributed by atoms with E-state index in [9.17, 15) is 9.59 Å². The van der Waals surface area contributed by atoms with E-state index < -0.39 is 12.3 Å². The molecule has 1 amide bonds. The number of hydrogen-bond donors (Lipinski definition) is 1. The summed E-state index contributed by atoms with van der Waals surface area (Å²) in [6, 6.07) is 0. The molecule has 1 unspecified atom stereocenters. The molecular weight excluding hydrogens is 184 g/mol. The minimum atomic E-state index is -0.558. The molecule has 0 radical (unpaired) electrons. The molecule has 0 fully saturated rings. The van der Waals surface area contributed by atoms with E-state index in [0.717, 1.165) is 0 Å². The molecule has 0 bridgehead atoms. The van der Waals surface area contributed by atoms with Gasteiger partial charge in [0, 0.05) is 0 Å². The third-order valence-corrected chi connectivity index (χ3v) is 1.46. The van der Waals surface area contributed by atoms with Crippen LogP contribution in [0.15, 0.2) is 4.99 Å². The second kappa shape index (κ2) is 7.09. The molecule has 80 valence electrons. The Morgan fingerprint density at radius 2 is 2.21 bits per heavy atom. The summed E-state index contributed by atoms with van der Waals surface area (Å²) in [6.45, 7) is 5.95. The number of aliphatic imine (C=N–C) groups is 1. The van der Waals surface area contributed by atoms with Crippen LogP contribution >= 0.6 is 0 Å². The fourth-order valence-electron chi connectivity index (χ4n) is 0.963. The van der Waals surface area contributed by atoms with Crippen LogP contribution in [0.5, 0.6) is 0 Å². The molecule has 0 spiro atoms. The number of carbonyl (C=O) groups excluding carboxylic acids is 2. The molecule has 0 saturated carbocycles. The quantitative estimate of drug-likeness (QED) is 0.539. The number of amides is 1. The first-order valence-electron chi connectivity index (χ1n) is 4.60. The zero-order valence-electron chi connectivity index (χ0n) is 8.74. The minimum absolute atomic E-state index is 0.297. The highest BCUT2D eigenvalue weighted by Gasteiger charge is 2.12. The number of rotatable bonds is 5. The Hall–Kier alpha value is -1.35. The summed E-state index contributed by atoms with van der Waals surface area (Å²) in [7, 11) is 0. The highest BCUT2D eigenvalue weighted by molar-refractivity contribution is 5.67. The van der Waals surface area contributed by atoms with Crippen molar-refractivity contribution in [3.05, 3.63) is 0 Å². The summed E-state index contributed by atoms with van der Waals surface area (Å²) in [4.78, 5) is 24.5. The lowest BCUT2D eigenvalue weighted by Crippen LogP contribution is -2.34. The number of ether oxygens (including phenoxy) is 1. The molecule has 0 aromatic rings. The van der Waals surface area contributed by atoms with Crippen LogP contribution in [-0.4, -0.2) is 24.9 Å². The SMILES string of the molecule is CCOC(=O)NC(CC(C)C)N=C=O. The molecule has 0 heterocycles. The Balaban J connectivity index is 4.08. The summed E-state index contributed by atoms with van der Waals surface area (Å²) >= 11 is 0. The minimum Gasteiger partial charge on any atom is -0.450 e. The lowest BCUT2D eigenvalue weighted by Gasteiger charge is -2.14. The smallest absolute Gasteiger partial charge is 0.408 e. The van der Waals surface area contributed by atoms with Gasteiger partial charge in [-0.3, -0.25) is 5.32 Å². The predicted octanol–water partition coefficient (Wildman–Crippen LogP) is 1.44. The van der Waals surface area contributed by atoms with Gasteiger partial charge in [-0.05, 0) is 19.3 Å². The second-order valence-corrected chi connectivity index (χ2v) is 3.23. The van der Waals surface area contributed by atoms with Crippen molar-refractivity contribution in [2.45, 2.75) is 33.4 Å². The molecule has 0 aliphatic rings. The molecule has 0 aliphatic carbocycles. The van der Waals surface area contributed by atoms with Crippen molar-refractivity contribution in [3.63, 3.8) is 0 Å². The largest absolute Gasteiger partial charge is 0.450 e. The number of carbonyl (C=O) groups is 1. The van der Waals surface area contributed by atoms with Crippen molar-refractivity contribution >= 4 is 12.2 Å². The predicted molar refractivity (Wildman–Crippen MR) is 51.5 cm³/mol. The molecule has 0 aromatic carbocycles. The van der Waals surface area contributed by atoms with E-state index >= 15 is 0 Å². The molecular formula is C9H16N2O3. The average molecular weight is 200 g/mol. The summed E-state index contributed by atoms with van der Waals surface area (Å²) in [5, 5.41) is 2.46. The van der Waals surface area contributed by atoms with Crippen LogP contribution in [0.25, 0.3) is 0 Å². The van der Waals surface area contributed by atoms with Gasteiger partial charge in [0.2, 0.25) is 6.08 Å².